The molecule has 1 amide bonds. The Bertz CT molecular complexity index is 1090. The predicted octanol–water partition coefficient (Wildman–Crippen LogP) is 3.99. The van der Waals surface area contributed by atoms with Gasteiger partial charge in [0.15, 0.2) is 0 Å². The van der Waals surface area contributed by atoms with Crippen LogP contribution in [0.15, 0.2) is 54.9 Å². The van der Waals surface area contributed by atoms with Crippen LogP contribution < -0.4 is 5.32 Å². The van der Waals surface area contributed by atoms with Crippen molar-refractivity contribution in [2.75, 3.05) is 5.32 Å². The molecule has 1 aliphatic rings. The van der Waals surface area contributed by atoms with Gasteiger partial charge in [-0.05, 0) is 17.7 Å². The average Bonchev–Trinajstić information content (AvgIpc) is 3.19. The van der Waals surface area contributed by atoms with Crippen molar-refractivity contribution in [3.63, 3.8) is 0 Å². The highest BCUT2D eigenvalue weighted by Crippen LogP contribution is 2.39. The molecule has 0 bridgehead atoms. The number of nitro benzene ring substituents is 1. The Morgan fingerprint density at radius 1 is 1.26 bits per heavy atom. The maximum Gasteiger partial charge on any atom is 0.288 e. The van der Waals surface area contributed by atoms with E-state index < -0.39 is 4.92 Å². The Balaban J connectivity index is 1.67. The number of nitrogens with one attached hydrogen (secondary N) is 1. The second kappa shape index (κ2) is 6.69. The first-order chi connectivity index (χ1) is 13.0. The molecule has 0 atom stereocenters. The summed E-state index contributed by atoms with van der Waals surface area (Å²) >= 11 is 5.91. The summed E-state index contributed by atoms with van der Waals surface area (Å²) in [4.78, 5) is 22.9. The summed E-state index contributed by atoms with van der Waals surface area (Å²) in [5.74, 6) is -0.336. The molecule has 3 aromatic rings. The van der Waals surface area contributed by atoms with Crippen LogP contribution in [0.3, 0.4) is 0 Å². The Kier molecular flexibility index (Phi) is 4.21. The molecule has 1 N–H and O–H groups in total. The minimum absolute atomic E-state index is 0.0176. The molecule has 2 aromatic carbocycles. The lowest BCUT2D eigenvalue weighted by molar-refractivity contribution is -0.384. The zero-order chi connectivity index (χ0) is 19.0. The quantitative estimate of drug-likeness (QED) is 0.421. The number of carbonyl (C=O) groups excluding carboxylic acids is 1. The van der Waals surface area contributed by atoms with Crippen molar-refractivity contribution in [1.82, 2.24) is 9.78 Å². The van der Waals surface area contributed by atoms with Gasteiger partial charge >= 0.3 is 0 Å². The Hall–Kier alpha value is -3.45. The topological polar surface area (TPSA) is 90.1 Å². The molecule has 0 radical (unpaired) electrons. The lowest BCUT2D eigenvalue weighted by atomic mass is 10.0. The van der Waals surface area contributed by atoms with E-state index in [9.17, 15) is 14.9 Å². The van der Waals surface area contributed by atoms with Gasteiger partial charge in [-0.15, -0.1) is 0 Å². The first-order valence-corrected chi connectivity index (χ1v) is 8.47. The van der Waals surface area contributed by atoms with Crippen molar-refractivity contribution in [3.05, 3.63) is 86.7 Å². The normalized spacial score (nSPS) is 14.3. The monoisotopic (exact) mass is 380 g/mol. The van der Waals surface area contributed by atoms with Gasteiger partial charge in [-0.1, -0.05) is 41.9 Å². The van der Waals surface area contributed by atoms with Gasteiger partial charge in [0.05, 0.1) is 23.4 Å². The summed E-state index contributed by atoms with van der Waals surface area (Å²) in [7, 11) is 0. The van der Waals surface area contributed by atoms with E-state index in [0.29, 0.717) is 23.4 Å². The summed E-state index contributed by atoms with van der Waals surface area (Å²) < 4.78 is 1.76. The molecule has 4 rings (SSSR count). The number of benzene rings is 2. The molecule has 0 aliphatic carbocycles. The molecule has 0 saturated heterocycles. The summed E-state index contributed by atoms with van der Waals surface area (Å²) in [5, 5.41) is 18.1. The van der Waals surface area contributed by atoms with Gasteiger partial charge in [-0.2, -0.15) is 5.10 Å². The standard InChI is InChI=1S/C19H13ClN4O3/c20-16-8-17-14(7-18(16)24(26)27)15(19(25)22-17)6-13-9-21-23(11-13)10-12-4-2-1-3-5-12/h1-9,11H,10H2,(H,22,25)/b15-6-. The third-order valence-corrected chi connectivity index (χ3v) is 4.52. The van der Waals surface area contributed by atoms with E-state index in [2.05, 4.69) is 10.4 Å². The van der Waals surface area contributed by atoms with Crippen LogP contribution in [0.2, 0.25) is 5.02 Å². The van der Waals surface area contributed by atoms with E-state index in [-0.39, 0.29) is 16.6 Å². The van der Waals surface area contributed by atoms with Crippen LogP contribution in [-0.4, -0.2) is 20.6 Å². The van der Waals surface area contributed by atoms with Crippen molar-refractivity contribution in [3.8, 4) is 0 Å². The summed E-state index contributed by atoms with van der Waals surface area (Å²) in [5.41, 5.74) is 2.84. The lowest BCUT2D eigenvalue weighted by Crippen LogP contribution is -2.03. The first-order valence-electron chi connectivity index (χ1n) is 8.09. The number of fused-ring (bicyclic) bond motifs is 1. The third kappa shape index (κ3) is 3.32. The molecule has 2 heterocycles. The fourth-order valence-electron chi connectivity index (χ4n) is 2.96. The average molecular weight is 381 g/mol. The minimum Gasteiger partial charge on any atom is -0.321 e. The number of hydrogen-bond acceptors (Lipinski definition) is 4. The number of halogens is 1. The highest BCUT2D eigenvalue weighted by atomic mass is 35.5. The van der Waals surface area contributed by atoms with Gasteiger partial charge in [0, 0.05) is 29.0 Å². The molecule has 1 aliphatic heterocycles. The molecule has 0 fully saturated rings. The Morgan fingerprint density at radius 3 is 2.78 bits per heavy atom. The first kappa shape index (κ1) is 17.0. The zero-order valence-electron chi connectivity index (χ0n) is 13.9. The molecule has 0 unspecified atom stereocenters. The number of rotatable bonds is 4. The maximum atomic E-state index is 12.3. The fraction of sp³-hybridized carbons (Fsp3) is 0.0526. The van der Waals surface area contributed by atoms with Crippen LogP contribution in [0, 0.1) is 10.1 Å². The van der Waals surface area contributed by atoms with E-state index in [1.165, 1.54) is 12.1 Å². The molecule has 0 spiro atoms. The number of nitro groups is 1. The van der Waals surface area contributed by atoms with E-state index >= 15 is 0 Å². The molecule has 0 saturated carbocycles. The molecule has 7 nitrogen and oxygen atoms in total. The number of anilines is 1. The second-order valence-electron chi connectivity index (χ2n) is 6.08. The van der Waals surface area contributed by atoms with E-state index in [4.69, 9.17) is 11.6 Å². The molecule has 8 heteroatoms. The SMILES string of the molecule is O=C1Nc2cc(Cl)c([N+](=O)[O-])cc2/C1=C/c1cnn(Cc2ccccc2)c1. The van der Waals surface area contributed by atoms with Crippen LogP contribution in [-0.2, 0) is 11.3 Å². The second-order valence-corrected chi connectivity index (χ2v) is 6.48. The number of amides is 1. The van der Waals surface area contributed by atoms with Crippen LogP contribution in [0.4, 0.5) is 11.4 Å². The van der Waals surface area contributed by atoms with Crippen molar-refractivity contribution in [2.24, 2.45) is 0 Å². The van der Waals surface area contributed by atoms with Gasteiger partial charge in [0.2, 0.25) is 0 Å². The highest BCUT2D eigenvalue weighted by Gasteiger charge is 2.28. The lowest BCUT2D eigenvalue weighted by Gasteiger charge is -2.01. The smallest absolute Gasteiger partial charge is 0.288 e. The molecule has 1 aromatic heterocycles. The van der Waals surface area contributed by atoms with Gasteiger partial charge in [0.25, 0.3) is 11.6 Å². The fourth-order valence-corrected chi connectivity index (χ4v) is 3.19. The minimum atomic E-state index is -0.569. The van der Waals surface area contributed by atoms with E-state index in [0.717, 1.165) is 11.1 Å². The zero-order valence-corrected chi connectivity index (χ0v) is 14.7. The number of carbonyl (C=O) groups is 1. The van der Waals surface area contributed by atoms with Crippen LogP contribution in [0.25, 0.3) is 11.6 Å². The van der Waals surface area contributed by atoms with Gasteiger partial charge < -0.3 is 5.32 Å². The number of aromatic nitrogens is 2. The molecule has 27 heavy (non-hydrogen) atoms. The molecular weight excluding hydrogens is 368 g/mol. The van der Waals surface area contributed by atoms with Crippen LogP contribution in [0.1, 0.15) is 16.7 Å². The summed E-state index contributed by atoms with van der Waals surface area (Å²) in [6, 6.07) is 12.6. The molecule has 134 valence electrons. The third-order valence-electron chi connectivity index (χ3n) is 4.22. The Labute approximate surface area is 159 Å². The summed E-state index contributed by atoms with van der Waals surface area (Å²) in [6.07, 6.45) is 5.12. The largest absolute Gasteiger partial charge is 0.321 e. The highest BCUT2D eigenvalue weighted by molar-refractivity contribution is 6.37. The van der Waals surface area contributed by atoms with Crippen molar-refractivity contribution >= 4 is 40.5 Å². The number of nitrogens with zero attached hydrogens (tertiary/aromatic N) is 3. The van der Waals surface area contributed by atoms with Crippen LogP contribution >= 0.6 is 11.6 Å². The summed E-state index contributed by atoms with van der Waals surface area (Å²) in [6.45, 7) is 0.605. The molecular formula is C19H13ClN4O3. The van der Waals surface area contributed by atoms with Crippen molar-refractivity contribution in [1.29, 1.82) is 0 Å². The van der Waals surface area contributed by atoms with Crippen molar-refractivity contribution in [2.45, 2.75) is 6.54 Å². The number of hydrogen-bond donors (Lipinski definition) is 1. The van der Waals surface area contributed by atoms with Crippen molar-refractivity contribution < 1.29 is 9.72 Å². The maximum absolute atomic E-state index is 12.3. The van der Waals surface area contributed by atoms with E-state index in [1.54, 1.807) is 17.0 Å². The van der Waals surface area contributed by atoms with Gasteiger partial charge in [0.1, 0.15) is 5.02 Å². The van der Waals surface area contributed by atoms with Gasteiger partial charge in [-0.25, -0.2) is 0 Å². The van der Waals surface area contributed by atoms with Crippen LogP contribution in [0.5, 0.6) is 0 Å². The Morgan fingerprint density at radius 2 is 2.04 bits per heavy atom. The predicted molar refractivity (Wildman–Crippen MR) is 102 cm³/mol. The van der Waals surface area contributed by atoms with E-state index in [1.807, 2.05) is 36.5 Å². The van der Waals surface area contributed by atoms with Gasteiger partial charge in [-0.3, -0.25) is 19.6 Å².